The quantitative estimate of drug-likeness (QED) is 0.594. The van der Waals surface area contributed by atoms with Gasteiger partial charge in [0.2, 0.25) is 0 Å². The van der Waals surface area contributed by atoms with Crippen molar-refractivity contribution in [2.75, 3.05) is 12.3 Å². The van der Waals surface area contributed by atoms with Crippen LogP contribution in [-0.4, -0.2) is 60.3 Å². The number of ether oxygens (including phenoxy) is 1. The van der Waals surface area contributed by atoms with E-state index in [1.165, 1.54) is 12.7 Å². The maximum atomic E-state index is 12.5. The Morgan fingerprint density at radius 2 is 1.90 bits per heavy atom. The number of imide groups is 1. The molecule has 0 bridgehead atoms. The highest BCUT2D eigenvalue weighted by molar-refractivity contribution is 6.20. The van der Waals surface area contributed by atoms with E-state index < -0.39 is 30.3 Å². The van der Waals surface area contributed by atoms with E-state index in [0.29, 0.717) is 11.2 Å². The number of carbonyl (C=O) groups excluding carboxylic acids is 2. The molecule has 29 heavy (non-hydrogen) atoms. The van der Waals surface area contributed by atoms with Gasteiger partial charge in [-0.05, 0) is 12.1 Å². The number of fused-ring (bicyclic) bond motifs is 2. The fourth-order valence-corrected chi connectivity index (χ4v) is 3.63. The first kappa shape index (κ1) is 17.7. The predicted molar refractivity (Wildman–Crippen MR) is 97.2 cm³/mol. The Labute approximate surface area is 163 Å². The maximum absolute atomic E-state index is 12.5. The maximum Gasteiger partial charge on any atom is 0.285 e. The van der Waals surface area contributed by atoms with E-state index in [-0.39, 0.29) is 30.0 Å². The normalized spacial score (nSPS) is 23.9. The fourth-order valence-electron chi connectivity index (χ4n) is 3.63. The first-order valence-corrected chi connectivity index (χ1v) is 8.92. The number of hydrogen-bond acceptors (Lipinski definition) is 9. The summed E-state index contributed by atoms with van der Waals surface area (Å²) in [6.07, 6.45) is 1.03. The van der Waals surface area contributed by atoms with E-state index in [1.54, 1.807) is 28.8 Å². The Balaban J connectivity index is 1.40. The number of aromatic nitrogens is 4. The molecular formula is C18H16N6O5. The SMILES string of the molecule is Nc1ncnc2c1ncn2[C@@H]1C[C@H](ON2C(=O)c3ccccc3C2=O)[C@@H](CO)O1. The molecule has 5 rings (SSSR count). The molecule has 3 N–H and O–H groups in total. The molecular weight excluding hydrogens is 380 g/mol. The zero-order valence-electron chi connectivity index (χ0n) is 15.0. The lowest BCUT2D eigenvalue weighted by Gasteiger charge is -2.21. The molecule has 148 valence electrons. The summed E-state index contributed by atoms with van der Waals surface area (Å²) in [5.74, 6) is -0.844. The van der Waals surface area contributed by atoms with Crippen LogP contribution in [0.15, 0.2) is 36.9 Å². The number of aliphatic hydroxyl groups excluding tert-OH is 1. The van der Waals surface area contributed by atoms with Crippen LogP contribution in [0.5, 0.6) is 0 Å². The Hall–Kier alpha value is -3.41. The molecule has 2 amide bonds. The molecule has 2 aromatic heterocycles. The summed E-state index contributed by atoms with van der Waals surface area (Å²) in [5, 5.41) is 10.5. The molecule has 0 aliphatic carbocycles. The second-order valence-corrected chi connectivity index (χ2v) is 6.72. The minimum absolute atomic E-state index is 0.240. The summed E-state index contributed by atoms with van der Waals surface area (Å²) in [6, 6.07) is 6.49. The highest BCUT2D eigenvalue weighted by Gasteiger charge is 2.44. The van der Waals surface area contributed by atoms with Gasteiger partial charge >= 0.3 is 0 Å². The predicted octanol–water partition coefficient (Wildman–Crippen LogP) is 0.285. The van der Waals surface area contributed by atoms with Crippen LogP contribution in [0.25, 0.3) is 11.2 Å². The highest BCUT2D eigenvalue weighted by Crippen LogP contribution is 2.35. The van der Waals surface area contributed by atoms with Gasteiger partial charge < -0.3 is 15.6 Å². The van der Waals surface area contributed by atoms with Gasteiger partial charge in [0.05, 0.1) is 24.1 Å². The van der Waals surface area contributed by atoms with Crippen molar-refractivity contribution in [1.29, 1.82) is 0 Å². The van der Waals surface area contributed by atoms with Crippen LogP contribution in [0.2, 0.25) is 0 Å². The van der Waals surface area contributed by atoms with Crippen molar-refractivity contribution < 1.29 is 24.3 Å². The van der Waals surface area contributed by atoms with Crippen LogP contribution in [0.4, 0.5) is 5.82 Å². The van der Waals surface area contributed by atoms with Gasteiger partial charge in [-0.1, -0.05) is 12.1 Å². The van der Waals surface area contributed by atoms with Crippen molar-refractivity contribution in [3.63, 3.8) is 0 Å². The monoisotopic (exact) mass is 396 g/mol. The molecule has 4 heterocycles. The fraction of sp³-hybridized carbons (Fsp3) is 0.278. The van der Waals surface area contributed by atoms with Crippen molar-refractivity contribution in [2.45, 2.75) is 24.9 Å². The number of carbonyl (C=O) groups is 2. The van der Waals surface area contributed by atoms with Gasteiger partial charge in [0, 0.05) is 6.42 Å². The van der Waals surface area contributed by atoms with E-state index in [9.17, 15) is 14.7 Å². The minimum atomic E-state index is -0.749. The second kappa shape index (κ2) is 6.58. The summed E-state index contributed by atoms with van der Waals surface area (Å²) in [5.41, 5.74) is 7.28. The molecule has 0 spiro atoms. The molecule has 11 nitrogen and oxygen atoms in total. The van der Waals surface area contributed by atoms with Crippen molar-refractivity contribution in [3.05, 3.63) is 48.0 Å². The first-order chi connectivity index (χ1) is 14.1. The summed E-state index contributed by atoms with van der Waals surface area (Å²) in [7, 11) is 0. The Morgan fingerprint density at radius 1 is 1.17 bits per heavy atom. The smallest absolute Gasteiger partial charge is 0.285 e. The van der Waals surface area contributed by atoms with Crippen LogP contribution in [-0.2, 0) is 9.57 Å². The van der Waals surface area contributed by atoms with Gasteiger partial charge in [-0.25, -0.2) is 15.0 Å². The third-order valence-corrected chi connectivity index (χ3v) is 5.06. The topological polar surface area (TPSA) is 146 Å². The Bertz CT molecular complexity index is 1100. The lowest BCUT2D eigenvalue weighted by atomic mass is 10.1. The van der Waals surface area contributed by atoms with Crippen LogP contribution in [0.3, 0.4) is 0 Å². The van der Waals surface area contributed by atoms with Gasteiger partial charge in [0.15, 0.2) is 11.5 Å². The molecule has 1 fully saturated rings. The number of imidazole rings is 1. The lowest BCUT2D eigenvalue weighted by molar-refractivity contribution is -0.155. The molecule has 1 saturated heterocycles. The Morgan fingerprint density at radius 3 is 2.59 bits per heavy atom. The minimum Gasteiger partial charge on any atom is -0.394 e. The number of anilines is 1. The molecule has 2 aliphatic rings. The van der Waals surface area contributed by atoms with E-state index >= 15 is 0 Å². The molecule has 3 atom stereocenters. The summed E-state index contributed by atoms with van der Waals surface area (Å²) in [4.78, 5) is 43.1. The van der Waals surface area contributed by atoms with E-state index in [1.807, 2.05) is 0 Å². The van der Waals surface area contributed by atoms with Gasteiger partial charge in [0.1, 0.15) is 30.3 Å². The van der Waals surface area contributed by atoms with Crippen molar-refractivity contribution in [2.24, 2.45) is 0 Å². The summed E-state index contributed by atoms with van der Waals surface area (Å²) in [6.45, 7) is -0.353. The van der Waals surface area contributed by atoms with E-state index in [0.717, 1.165) is 5.06 Å². The largest absolute Gasteiger partial charge is 0.394 e. The molecule has 3 aromatic rings. The molecule has 1 aromatic carbocycles. The number of benzene rings is 1. The zero-order valence-corrected chi connectivity index (χ0v) is 15.0. The third-order valence-electron chi connectivity index (χ3n) is 5.06. The number of rotatable bonds is 4. The average molecular weight is 396 g/mol. The van der Waals surface area contributed by atoms with Gasteiger partial charge in [-0.2, -0.15) is 0 Å². The zero-order chi connectivity index (χ0) is 20.1. The number of aliphatic hydroxyl groups is 1. The van der Waals surface area contributed by atoms with Crippen molar-refractivity contribution >= 4 is 28.8 Å². The highest BCUT2D eigenvalue weighted by atomic mass is 16.7. The summed E-state index contributed by atoms with van der Waals surface area (Å²) < 4.78 is 7.53. The van der Waals surface area contributed by atoms with Crippen LogP contribution < -0.4 is 5.73 Å². The van der Waals surface area contributed by atoms with Crippen LogP contribution >= 0.6 is 0 Å². The Kier molecular flexibility index (Phi) is 4.01. The number of hydroxylamine groups is 2. The van der Waals surface area contributed by atoms with Crippen molar-refractivity contribution in [3.8, 4) is 0 Å². The lowest BCUT2D eigenvalue weighted by Crippen LogP contribution is -2.39. The first-order valence-electron chi connectivity index (χ1n) is 8.92. The second-order valence-electron chi connectivity index (χ2n) is 6.72. The standard InChI is InChI=1S/C18H16N6O5/c19-15-14-16(21-7-20-15)23(8-22-14)13-5-11(12(6-25)28-13)29-24-17(26)9-3-1-2-4-10(9)18(24)27/h1-4,7-8,11-13,25H,5-6H2,(H2,19,20,21)/t11-,12+,13-/m0/s1. The number of nitrogens with two attached hydrogens (primary N) is 1. The van der Waals surface area contributed by atoms with Crippen molar-refractivity contribution in [1.82, 2.24) is 24.6 Å². The molecule has 0 saturated carbocycles. The summed E-state index contributed by atoms with van der Waals surface area (Å²) >= 11 is 0. The van der Waals surface area contributed by atoms with E-state index in [2.05, 4.69) is 15.0 Å². The van der Waals surface area contributed by atoms with Gasteiger partial charge in [0.25, 0.3) is 11.8 Å². The van der Waals surface area contributed by atoms with Gasteiger partial charge in [-0.15, -0.1) is 5.06 Å². The molecule has 0 radical (unpaired) electrons. The van der Waals surface area contributed by atoms with Crippen LogP contribution in [0.1, 0.15) is 33.4 Å². The molecule has 0 unspecified atom stereocenters. The van der Waals surface area contributed by atoms with E-state index in [4.69, 9.17) is 15.3 Å². The molecule has 11 heteroatoms. The third kappa shape index (κ3) is 2.67. The number of nitrogen functional groups attached to an aromatic ring is 1. The molecule has 2 aliphatic heterocycles. The number of amides is 2. The number of nitrogens with zero attached hydrogens (tertiary/aromatic N) is 5. The number of hydrogen-bond donors (Lipinski definition) is 2. The van der Waals surface area contributed by atoms with Gasteiger partial charge in [-0.3, -0.25) is 19.0 Å². The van der Waals surface area contributed by atoms with Crippen LogP contribution in [0, 0.1) is 0 Å². The average Bonchev–Trinajstić information content (AvgIpc) is 3.40.